The van der Waals surface area contributed by atoms with Crippen LogP contribution in [-0.4, -0.2) is 18.8 Å². The minimum atomic E-state index is 0.0205. The summed E-state index contributed by atoms with van der Waals surface area (Å²) in [7, 11) is 0.0714. The predicted octanol–water partition coefficient (Wildman–Crippen LogP) is 3.90. The van der Waals surface area contributed by atoms with Gasteiger partial charge in [-0.05, 0) is 55.7 Å². The van der Waals surface area contributed by atoms with Crippen LogP contribution < -0.4 is 0 Å². The molecule has 4 aliphatic carbocycles. The van der Waals surface area contributed by atoms with Crippen molar-refractivity contribution >= 4 is 7.12 Å². The van der Waals surface area contributed by atoms with Crippen molar-refractivity contribution in [2.45, 2.75) is 76.8 Å². The fourth-order valence-corrected chi connectivity index (χ4v) is 5.11. The first kappa shape index (κ1) is 12.7. The molecule has 0 aromatic rings. The number of hydrogen-bond acceptors (Lipinski definition) is 2. The van der Waals surface area contributed by atoms with Crippen molar-refractivity contribution < 1.29 is 9.31 Å². The van der Waals surface area contributed by atoms with Gasteiger partial charge in [-0.15, -0.1) is 0 Å². The molecule has 5 rings (SSSR count). The minimum Gasteiger partial charge on any atom is -0.405 e. The van der Waals surface area contributed by atoms with Crippen LogP contribution >= 0.6 is 0 Å². The van der Waals surface area contributed by atoms with E-state index in [0.717, 1.165) is 23.7 Å². The van der Waals surface area contributed by atoms with Crippen molar-refractivity contribution in [3.05, 3.63) is 0 Å². The molecule has 0 amide bonds. The van der Waals surface area contributed by atoms with Crippen LogP contribution in [0.5, 0.6) is 0 Å². The van der Waals surface area contributed by atoms with E-state index in [-0.39, 0.29) is 12.7 Å². The molecule has 2 bridgehead atoms. The summed E-state index contributed by atoms with van der Waals surface area (Å²) >= 11 is 0. The summed E-state index contributed by atoms with van der Waals surface area (Å²) in [5, 5.41) is 0. The van der Waals surface area contributed by atoms with E-state index in [9.17, 15) is 0 Å². The third-order valence-electron chi connectivity index (χ3n) is 6.89. The van der Waals surface area contributed by atoms with Crippen molar-refractivity contribution in [1.82, 2.24) is 0 Å². The Hall–Kier alpha value is -0.0151. The summed E-state index contributed by atoms with van der Waals surface area (Å²) in [6, 6.07) is 0. The summed E-state index contributed by atoms with van der Waals surface area (Å²) in [6.07, 6.45) is 8.59. The SMILES string of the molecule is CC(CC1CCC1)B1OC2CC3CC(C3C)C2(C)O1. The molecule has 3 heteroatoms. The Balaban J connectivity index is 1.43. The first-order valence-electron chi connectivity index (χ1n) is 8.41. The summed E-state index contributed by atoms with van der Waals surface area (Å²) in [4.78, 5) is 0. The molecule has 6 unspecified atom stereocenters. The van der Waals surface area contributed by atoms with E-state index >= 15 is 0 Å². The highest BCUT2D eigenvalue weighted by Gasteiger charge is 2.64. The first-order chi connectivity index (χ1) is 9.08. The third-order valence-corrected chi connectivity index (χ3v) is 6.89. The topological polar surface area (TPSA) is 18.5 Å². The molecule has 0 N–H and O–H groups in total. The van der Waals surface area contributed by atoms with Crippen LogP contribution in [0.3, 0.4) is 0 Å². The molecule has 1 aliphatic heterocycles. The molecule has 6 atom stereocenters. The van der Waals surface area contributed by atoms with Crippen LogP contribution in [0.4, 0.5) is 0 Å². The maximum absolute atomic E-state index is 6.48. The van der Waals surface area contributed by atoms with Crippen LogP contribution in [0.15, 0.2) is 0 Å². The maximum Gasteiger partial charge on any atom is 0.460 e. The fraction of sp³-hybridized carbons (Fsp3) is 1.00. The first-order valence-corrected chi connectivity index (χ1v) is 8.41. The van der Waals surface area contributed by atoms with E-state index in [1.54, 1.807) is 0 Å². The van der Waals surface area contributed by atoms with E-state index in [1.165, 1.54) is 38.5 Å². The standard InChI is InChI=1S/C16H27BO2/c1-10(7-12-5-4-6-12)17-18-15-9-13-8-14(11(13)2)16(15,3)19-17/h10-15H,4-9H2,1-3H3. The molecule has 0 aromatic carbocycles. The quantitative estimate of drug-likeness (QED) is 0.718. The molecule has 106 valence electrons. The van der Waals surface area contributed by atoms with Gasteiger partial charge >= 0.3 is 7.12 Å². The lowest BCUT2D eigenvalue weighted by molar-refractivity contribution is -0.152. The Morgan fingerprint density at radius 3 is 2.74 bits per heavy atom. The van der Waals surface area contributed by atoms with Crippen LogP contribution in [0.1, 0.15) is 59.3 Å². The van der Waals surface area contributed by atoms with Gasteiger partial charge in [0, 0.05) is 0 Å². The molecule has 1 heterocycles. The number of hydrogen-bond donors (Lipinski definition) is 0. The lowest BCUT2D eigenvalue weighted by Gasteiger charge is -2.58. The van der Waals surface area contributed by atoms with E-state index in [4.69, 9.17) is 9.31 Å². The largest absolute Gasteiger partial charge is 0.460 e. The Bertz CT molecular complexity index is 370. The van der Waals surface area contributed by atoms with Gasteiger partial charge < -0.3 is 9.31 Å². The molecular weight excluding hydrogens is 235 g/mol. The second-order valence-electron chi connectivity index (χ2n) is 8.00. The zero-order valence-electron chi connectivity index (χ0n) is 12.6. The smallest absolute Gasteiger partial charge is 0.405 e. The van der Waals surface area contributed by atoms with Crippen LogP contribution in [0.2, 0.25) is 5.82 Å². The van der Waals surface area contributed by atoms with E-state index in [2.05, 4.69) is 20.8 Å². The van der Waals surface area contributed by atoms with Crippen molar-refractivity contribution in [3.63, 3.8) is 0 Å². The molecule has 19 heavy (non-hydrogen) atoms. The predicted molar refractivity (Wildman–Crippen MR) is 76.9 cm³/mol. The molecule has 0 radical (unpaired) electrons. The molecular formula is C16H27BO2. The molecule has 5 fully saturated rings. The maximum atomic E-state index is 6.48. The Kier molecular flexibility index (Phi) is 2.83. The van der Waals surface area contributed by atoms with Crippen molar-refractivity contribution in [2.24, 2.45) is 23.7 Å². The Morgan fingerprint density at radius 1 is 1.32 bits per heavy atom. The fourth-order valence-electron chi connectivity index (χ4n) is 5.11. The molecule has 1 saturated heterocycles. The Morgan fingerprint density at radius 2 is 2.11 bits per heavy atom. The van der Waals surface area contributed by atoms with E-state index in [1.807, 2.05) is 0 Å². The van der Waals surface area contributed by atoms with Crippen LogP contribution in [0, 0.1) is 23.7 Å². The van der Waals surface area contributed by atoms with Gasteiger partial charge in [-0.2, -0.15) is 0 Å². The third kappa shape index (κ3) is 1.77. The van der Waals surface area contributed by atoms with Gasteiger partial charge in [-0.3, -0.25) is 0 Å². The van der Waals surface area contributed by atoms with E-state index in [0.29, 0.717) is 11.9 Å². The van der Waals surface area contributed by atoms with Crippen LogP contribution in [0.25, 0.3) is 0 Å². The average Bonchev–Trinajstić information content (AvgIpc) is 2.69. The van der Waals surface area contributed by atoms with Gasteiger partial charge in [-0.1, -0.05) is 33.1 Å². The van der Waals surface area contributed by atoms with Gasteiger partial charge in [0.1, 0.15) is 0 Å². The lowest BCUT2D eigenvalue weighted by atomic mass is 9.51. The Labute approximate surface area is 117 Å². The summed E-state index contributed by atoms with van der Waals surface area (Å²) < 4.78 is 12.8. The molecule has 0 spiro atoms. The van der Waals surface area contributed by atoms with Gasteiger partial charge in [0.2, 0.25) is 0 Å². The molecule has 2 nitrogen and oxygen atoms in total. The van der Waals surface area contributed by atoms with E-state index < -0.39 is 0 Å². The monoisotopic (exact) mass is 262 g/mol. The lowest BCUT2D eigenvalue weighted by Crippen LogP contribution is -2.60. The molecule has 5 aliphatic rings. The van der Waals surface area contributed by atoms with Crippen molar-refractivity contribution in [2.75, 3.05) is 0 Å². The van der Waals surface area contributed by atoms with Gasteiger partial charge in [0.25, 0.3) is 0 Å². The second kappa shape index (κ2) is 4.24. The average molecular weight is 262 g/mol. The highest BCUT2D eigenvalue weighted by molar-refractivity contribution is 6.47. The van der Waals surface area contributed by atoms with Gasteiger partial charge in [0.15, 0.2) is 0 Å². The summed E-state index contributed by atoms with van der Waals surface area (Å²) in [6.45, 7) is 7.07. The summed E-state index contributed by atoms with van der Waals surface area (Å²) in [5.41, 5.74) is 0.0205. The highest BCUT2D eigenvalue weighted by Crippen LogP contribution is 2.60. The van der Waals surface area contributed by atoms with Crippen LogP contribution in [-0.2, 0) is 9.31 Å². The van der Waals surface area contributed by atoms with Crippen molar-refractivity contribution in [1.29, 1.82) is 0 Å². The zero-order chi connectivity index (χ0) is 13.2. The number of rotatable bonds is 3. The molecule has 0 aromatic heterocycles. The van der Waals surface area contributed by atoms with Crippen molar-refractivity contribution in [3.8, 4) is 0 Å². The second-order valence-corrected chi connectivity index (χ2v) is 8.00. The van der Waals surface area contributed by atoms with Gasteiger partial charge in [0.05, 0.1) is 11.7 Å². The molecule has 4 saturated carbocycles. The minimum absolute atomic E-state index is 0.0205. The zero-order valence-corrected chi connectivity index (χ0v) is 12.6. The summed E-state index contributed by atoms with van der Waals surface area (Å²) in [5.74, 6) is 4.03. The highest BCUT2D eigenvalue weighted by atomic mass is 16.7. The van der Waals surface area contributed by atoms with Gasteiger partial charge in [-0.25, -0.2) is 0 Å². The normalized spacial score (nSPS) is 50.4.